The highest BCUT2D eigenvalue weighted by atomic mass is 35.5. The first-order chi connectivity index (χ1) is 15.3. The van der Waals surface area contributed by atoms with Gasteiger partial charge < -0.3 is 10.2 Å². The third-order valence-electron chi connectivity index (χ3n) is 5.67. The second-order valence-electron chi connectivity index (χ2n) is 8.07. The predicted octanol–water partition coefficient (Wildman–Crippen LogP) is 5.18. The van der Waals surface area contributed by atoms with Gasteiger partial charge in [0.05, 0.1) is 11.6 Å². The van der Waals surface area contributed by atoms with Crippen molar-refractivity contribution in [1.82, 2.24) is 0 Å². The lowest BCUT2D eigenvalue weighted by Crippen LogP contribution is -2.29. The van der Waals surface area contributed by atoms with Crippen molar-refractivity contribution in [2.75, 3.05) is 16.8 Å². The van der Waals surface area contributed by atoms with E-state index in [1.807, 2.05) is 38.1 Å². The van der Waals surface area contributed by atoms with E-state index >= 15 is 0 Å². The van der Waals surface area contributed by atoms with E-state index in [2.05, 4.69) is 5.32 Å². The number of aryl methyl sites for hydroxylation is 2. The van der Waals surface area contributed by atoms with E-state index in [1.165, 1.54) is 0 Å². The highest BCUT2D eigenvalue weighted by molar-refractivity contribution is 6.31. The standard InChI is InChI=1S/C26H23ClN2O3/c1-16-8-9-17(2)23(12-16)29-15-19(13-24(29)30)26(32)28-22-11-10-20(27)14-21(22)25(31)18-6-4-3-5-7-18/h3-12,14,19H,13,15H2,1-2H3,(H,28,32). The number of ketones is 1. The fourth-order valence-corrected chi connectivity index (χ4v) is 4.09. The van der Waals surface area contributed by atoms with Crippen LogP contribution in [0.2, 0.25) is 5.02 Å². The summed E-state index contributed by atoms with van der Waals surface area (Å²) in [5.41, 5.74) is 4.06. The summed E-state index contributed by atoms with van der Waals surface area (Å²) in [5.74, 6) is -1.13. The van der Waals surface area contributed by atoms with Crippen LogP contribution in [-0.4, -0.2) is 24.1 Å². The van der Waals surface area contributed by atoms with Crippen molar-refractivity contribution in [3.05, 3.63) is 94.0 Å². The number of hydrogen-bond acceptors (Lipinski definition) is 3. The lowest BCUT2D eigenvalue weighted by Gasteiger charge is -2.20. The maximum absolute atomic E-state index is 13.1. The summed E-state index contributed by atoms with van der Waals surface area (Å²) in [6, 6.07) is 19.5. The fourth-order valence-electron chi connectivity index (χ4n) is 3.92. The van der Waals surface area contributed by atoms with Crippen molar-refractivity contribution < 1.29 is 14.4 Å². The van der Waals surface area contributed by atoms with Crippen LogP contribution in [0.25, 0.3) is 0 Å². The number of nitrogens with zero attached hydrogens (tertiary/aromatic N) is 1. The molecule has 1 fully saturated rings. The first kappa shape index (κ1) is 21.8. The lowest BCUT2D eigenvalue weighted by molar-refractivity contribution is -0.122. The molecule has 3 aromatic carbocycles. The van der Waals surface area contributed by atoms with Crippen LogP contribution in [-0.2, 0) is 9.59 Å². The SMILES string of the molecule is Cc1ccc(C)c(N2CC(C(=O)Nc3ccc(Cl)cc3C(=O)c3ccccc3)CC2=O)c1. The molecule has 6 heteroatoms. The van der Waals surface area contributed by atoms with Gasteiger partial charge in [0.1, 0.15) is 0 Å². The first-order valence-corrected chi connectivity index (χ1v) is 10.8. The molecule has 32 heavy (non-hydrogen) atoms. The Labute approximate surface area is 192 Å². The van der Waals surface area contributed by atoms with Gasteiger partial charge in [-0.15, -0.1) is 0 Å². The number of carbonyl (C=O) groups excluding carboxylic acids is 3. The molecule has 0 aromatic heterocycles. The molecule has 162 valence electrons. The zero-order valence-electron chi connectivity index (χ0n) is 17.9. The lowest BCUT2D eigenvalue weighted by atomic mass is 10.0. The third kappa shape index (κ3) is 4.43. The zero-order valence-corrected chi connectivity index (χ0v) is 18.6. The summed E-state index contributed by atoms with van der Waals surface area (Å²) >= 11 is 6.13. The molecule has 4 rings (SSSR count). The molecule has 1 aliphatic rings. The van der Waals surface area contributed by atoms with E-state index in [9.17, 15) is 14.4 Å². The molecule has 0 bridgehead atoms. The summed E-state index contributed by atoms with van der Waals surface area (Å²) in [6.07, 6.45) is 0.120. The van der Waals surface area contributed by atoms with Gasteiger partial charge in [-0.25, -0.2) is 0 Å². The van der Waals surface area contributed by atoms with Crippen LogP contribution in [0.4, 0.5) is 11.4 Å². The van der Waals surface area contributed by atoms with E-state index in [0.717, 1.165) is 16.8 Å². The van der Waals surface area contributed by atoms with E-state index in [1.54, 1.807) is 47.4 Å². The Kier molecular flexibility index (Phi) is 6.10. The van der Waals surface area contributed by atoms with Crippen LogP contribution in [0.5, 0.6) is 0 Å². The van der Waals surface area contributed by atoms with Crippen molar-refractivity contribution in [1.29, 1.82) is 0 Å². The zero-order chi connectivity index (χ0) is 22.8. The molecule has 3 aromatic rings. The van der Waals surface area contributed by atoms with Crippen LogP contribution >= 0.6 is 11.6 Å². The molecule has 1 unspecified atom stereocenters. The molecule has 5 nitrogen and oxygen atoms in total. The molecule has 1 aliphatic heterocycles. The Morgan fingerprint density at radius 2 is 1.75 bits per heavy atom. The molecule has 0 radical (unpaired) electrons. The predicted molar refractivity (Wildman–Crippen MR) is 126 cm³/mol. The molecule has 0 spiro atoms. The maximum atomic E-state index is 13.1. The highest BCUT2D eigenvalue weighted by Gasteiger charge is 2.36. The van der Waals surface area contributed by atoms with Crippen LogP contribution in [0.15, 0.2) is 66.7 Å². The number of halogens is 1. The fraction of sp³-hybridized carbons (Fsp3) is 0.192. The molecule has 1 atom stereocenters. The van der Waals surface area contributed by atoms with Crippen molar-refractivity contribution >= 4 is 40.6 Å². The highest BCUT2D eigenvalue weighted by Crippen LogP contribution is 2.30. The van der Waals surface area contributed by atoms with Gasteiger partial charge in [0.25, 0.3) is 0 Å². The van der Waals surface area contributed by atoms with Crippen molar-refractivity contribution in [2.24, 2.45) is 5.92 Å². The number of carbonyl (C=O) groups is 3. The molecule has 1 N–H and O–H groups in total. The summed E-state index contributed by atoms with van der Waals surface area (Å²) in [7, 11) is 0. The molecule has 1 heterocycles. The molecule has 0 saturated carbocycles. The average molecular weight is 447 g/mol. The van der Waals surface area contributed by atoms with Gasteiger partial charge in [-0.2, -0.15) is 0 Å². The van der Waals surface area contributed by atoms with E-state index < -0.39 is 5.92 Å². The van der Waals surface area contributed by atoms with Gasteiger partial charge in [0.2, 0.25) is 11.8 Å². The molecular weight excluding hydrogens is 424 g/mol. The Morgan fingerprint density at radius 3 is 2.50 bits per heavy atom. The number of anilines is 2. The number of benzene rings is 3. The number of rotatable bonds is 5. The van der Waals surface area contributed by atoms with Gasteiger partial charge in [-0.05, 0) is 49.2 Å². The minimum atomic E-state index is -0.516. The molecule has 0 aliphatic carbocycles. The largest absolute Gasteiger partial charge is 0.325 e. The van der Waals surface area contributed by atoms with Gasteiger partial charge in [-0.3, -0.25) is 14.4 Å². The third-order valence-corrected chi connectivity index (χ3v) is 5.91. The van der Waals surface area contributed by atoms with Crippen LogP contribution in [0.1, 0.15) is 33.5 Å². The van der Waals surface area contributed by atoms with Crippen LogP contribution < -0.4 is 10.2 Å². The Bertz CT molecular complexity index is 1210. The number of amides is 2. The molecular formula is C26H23ClN2O3. The Morgan fingerprint density at radius 1 is 1.00 bits per heavy atom. The minimum absolute atomic E-state index is 0.0875. The summed E-state index contributed by atoms with van der Waals surface area (Å²) in [6.45, 7) is 4.22. The Balaban J connectivity index is 1.55. The molecule has 2 amide bonds. The van der Waals surface area contributed by atoms with Crippen LogP contribution in [0.3, 0.4) is 0 Å². The summed E-state index contributed by atoms with van der Waals surface area (Å²) in [5, 5.41) is 3.25. The van der Waals surface area contributed by atoms with Gasteiger partial charge in [0.15, 0.2) is 5.78 Å². The maximum Gasteiger partial charge on any atom is 0.229 e. The normalized spacial score (nSPS) is 15.7. The van der Waals surface area contributed by atoms with Gasteiger partial charge in [0, 0.05) is 34.8 Å². The Hall–Kier alpha value is -3.44. The topological polar surface area (TPSA) is 66.5 Å². The van der Waals surface area contributed by atoms with E-state index in [-0.39, 0.29) is 24.0 Å². The summed E-state index contributed by atoms with van der Waals surface area (Å²) < 4.78 is 0. The van der Waals surface area contributed by atoms with E-state index in [4.69, 9.17) is 11.6 Å². The monoisotopic (exact) mass is 446 g/mol. The number of hydrogen-bond donors (Lipinski definition) is 1. The van der Waals surface area contributed by atoms with Crippen molar-refractivity contribution in [3.63, 3.8) is 0 Å². The summed E-state index contributed by atoms with van der Waals surface area (Å²) in [4.78, 5) is 40.4. The second-order valence-corrected chi connectivity index (χ2v) is 8.51. The molecule has 1 saturated heterocycles. The quantitative estimate of drug-likeness (QED) is 0.549. The average Bonchev–Trinajstić information content (AvgIpc) is 3.18. The van der Waals surface area contributed by atoms with Crippen molar-refractivity contribution in [2.45, 2.75) is 20.3 Å². The van der Waals surface area contributed by atoms with Gasteiger partial charge in [-0.1, -0.05) is 54.1 Å². The smallest absolute Gasteiger partial charge is 0.229 e. The number of nitrogens with one attached hydrogen (secondary N) is 1. The first-order valence-electron chi connectivity index (χ1n) is 10.4. The van der Waals surface area contributed by atoms with Crippen LogP contribution in [0, 0.1) is 19.8 Å². The van der Waals surface area contributed by atoms with E-state index in [0.29, 0.717) is 28.4 Å². The minimum Gasteiger partial charge on any atom is -0.325 e. The second kappa shape index (κ2) is 8.97. The van der Waals surface area contributed by atoms with Crippen molar-refractivity contribution in [3.8, 4) is 0 Å². The van der Waals surface area contributed by atoms with Gasteiger partial charge >= 0.3 is 0 Å².